The van der Waals surface area contributed by atoms with Gasteiger partial charge in [0.05, 0.1) is 26.1 Å². The lowest BCUT2D eigenvalue weighted by molar-refractivity contribution is -0.134. The average Bonchev–Trinajstić information content (AvgIpc) is 2.62. The van der Waals surface area contributed by atoms with E-state index < -0.39 is 0 Å². The first-order valence-electron chi connectivity index (χ1n) is 8.89. The highest BCUT2D eigenvalue weighted by atomic mass is 16.5. The maximum absolute atomic E-state index is 11.0. The SMILES string of the molecule is C=C(C)OCCCCCCCCOc1ccc(/C=C/C(=O)OC)cc1. The smallest absolute Gasteiger partial charge is 0.330 e. The van der Waals surface area contributed by atoms with Gasteiger partial charge in [0.1, 0.15) is 5.75 Å². The van der Waals surface area contributed by atoms with Crippen LogP contribution in [0.5, 0.6) is 5.75 Å². The van der Waals surface area contributed by atoms with Gasteiger partial charge in [-0.25, -0.2) is 4.79 Å². The minimum absolute atomic E-state index is 0.358. The van der Waals surface area contributed by atoms with Gasteiger partial charge < -0.3 is 14.2 Å². The van der Waals surface area contributed by atoms with Crippen LogP contribution in [0.2, 0.25) is 0 Å². The molecule has 0 aliphatic rings. The number of benzene rings is 1. The lowest BCUT2D eigenvalue weighted by Crippen LogP contribution is -1.97. The number of esters is 1. The number of hydrogen-bond donors (Lipinski definition) is 0. The number of hydrogen-bond acceptors (Lipinski definition) is 4. The summed E-state index contributed by atoms with van der Waals surface area (Å²) in [4.78, 5) is 11.0. The summed E-state index contributed by atoms with van der Waals surface area (Å²) < 4.78 is 15.6. The van der Waals surface area contributed by atoms with Gasteiger partial charge in [-0.3, -0.25) is 0 Å². The molecule has 0 bridgehead atoms. The Balaban J connectivity index is 2.05. The van der Waals surface area contributed by atoms with Crippen molar-refractivity contribution in [2.24, 2.45) is 0 Å². The Bertz CT molecular complexity index is 531. The molecule has 25 heavy (non-hydrogen) atoms. The fourth-order valence-corrected chi connectivity index (χ4v) is 2.26. The molecule has 0 saturated carbocycles. The van der Waals surface area contributed by atoms with Crippen molar-refractivity contribution < 1.29 is 19.0 Å². The van der Waals surface area contributed by atoms with Crippen molar-refractivity contribution in [3.05, 3.63) is 48.2 Å². The molecule has 0 aliphatic heterocycles. The Morgan fingerprint density at radius 2 is 1.60 bits per heavy atom. The topological polar surface area (TPSA) is 44.8 Å². The van der Waals surface area contributed by atoms with Gasteiger partial charge in [-0.15, -0.1) is 0 Å². The molecule has 1 rings (SSSR count). The van der Waals surface area contributed by atoms with Crippen LogP contribution in [-0.2, 0) is 14.3 Å². The van der Waals surface area contributed by atoms with E-state index in [0.29, 0.717) is 0 Å². The van der Waals surface area contributed by atoms with Crippen molar-refractivity contribution in [2.45, 2.75) is 45.4 Å². The van der Waals surface area contributed by atoms with E-state index in [9.17, 15) is 4.79 Å². The van der Waals surface area contributed by atoms with Crippen LogP contribution >= 0.6 is 0 Å². The van der Waals surface area contributed by atoms with Crippen LogP contribution in [0.3, 0.4) is 0 Å². The number of unbranched alkanes of at least 4 members (excludes halogenated alkanes) is 5. The van der Waals surface area contributed by atoms with E-state index in [0.717, 1.165) is 43.1 Å². The monoisotopic (exact) mass is 346 g/mol. The molecule has 0 saturated heterocycles. The molecule has 0 fully saturated rings. The summed E-state index contributed by atoms with van der Waals surface area (Å²) in [6.07, 6.45) is 10.1. The second-order valence-electron chi connectivity index (χ2n) is 5.95. The molecule has 0 spiro atoms. The summed E-state index contributed by atoms with van der Waals surface area (Å²) in [7, 11) is 1.36. The van der Waals surface area contributed by atoms with E-state index in [4.69, 9.17) is 9.47 Å². The summed E-state index contributed by atoms with van der Waals surface area (Å²) in [5.74, 6) is 1.29. The lowest BCUT2D eigenvalue weighted by Gasteiger charge is -2.07. The van der Waals surface area contributed by atoms with Gasteiger partial charge in [-0.1, -0.05) is 44.4 Å². The predicted octanol–water partition coefficient (Wildman–Crippen LogP) is 5.14. The van der Waals surface area contributed by atoms with Gasteiger partial charge >= 0.3 is 5.97 Å². The molecule has 1 aromatic rings. The highest BCUT2D eigenvalue weighted by molar-refractivity contribution is 5.86. The fraction of sp³-hybridized carbons (Fsp3) is 0.476. The van der Waals surface area contributed by atoms with Crippen molar-refractivity contribution in [3.8, 4) is 5.75 Å². The second kappa shape index (κ2) is 13.1. The second-order valence-corrected chi connectivity index (χ2v) is 5.95. The normalized spacial score (nSPS) is 10.6. The Morgan fingerprint density at radius 1 is 1.00 bits per heavy atom. The third-order valence-electron chi connectivity index (χ3n) is 3.65. The number of ether oxygens (including phenoxy) is 3. The Kier molecular flexibility index (Phi) is 10.9. The largest absolute Gasteiger partial charge is 0.499 e. The van der Waals surface area contributed by atoms with Crippen molar-refractivity contribution in [1.82, 2.24) is 0 Å². The molecule has 4 heteroatoms. The van der Waals surface area contributed by atoms with Gasteiger partial charge in [0.25, 0.3) is 0 Å². The third kappa shape index (κ3) is 11.0. The highest BCUT2D eigenvalue weighted by Gasteiger charge is 1.97. The minimum atomic E-state index is -0.358. The molecule has 0 atom stereocenters. The molecule has 0 N–H and O–H groups in total. The lowest BCUT2D eigenvalue weighted by atomic mass is 10.1. The van der Waals surface area contributed by atoms with Crippen molar-refractivity contribution in [3.63, 3.8) is 0 Å². The van der Waals surface area contributed by atoms with Crippen LogP contribution in [-0.4, -0.2) is 26.3 Å². The number of carbonyl (C=O) groups excluding carboxylic acids is 1. The molecule has 0 aliphatic carbocycles. The van der Waals surface area contributed by atoms with Gasteiger partial charge in [-0.05, 0) is 43.5 Å². The van der Waals surface area contributed by atoms with E-state index in [2.05, 4.69) is 11.3 Å². The molecule has 1 aromatic carbocycles. The van der Waals surface area contributed by atoms with Crippen LogP contribution in [0.25, 0.3) is 6.08 Å². The zero-order valence-electron chi connectivity index (χ0n) is 15.5. The Morgan fingerprint density at radius 3 is 2.20 bits per heavy atom. The third-order valence-corrected chi connectivity index (χ3v) is 3.65. The van der Waals surface area contributed by atoms with Crippen molar-refractivity contribution in [2.75, 3.05) is 20.3 Å². The average molecular weight is 346 g/mol. The summed E-state index contributed by atoms with van der Waals surface area (Å²) in [6, 6.07) is 7.67. The zero-order valence-corrected chi connectivity index (χ0v) is 15.5. The van der Waals surface area contributed by atoms with Crippen LogP contribution in [0.15, 0.2) is 42.7 Å². The van der Waals surface area contributed by atoms with Crippen LogP contribution in [0.1, 0.15) is 51.0 Å². The molecule has 0 radical (unpaired) electrons. The molecule has 0 heterocycles. The first-order valence-corrected chi connectivity index (χ1v) is 8.89. The Labute approximate surface area is 151 Å². The summed E-state index contributed by atoms with van der Waals surface area (Å²) in [5.41, 5.74) is 0.938. The summed E-state index contributed by atoms with van der Waals surface area (Å²) in [5, 5.41) is 0. The fourth-order valence-electron chi connectivity index (χ4n) is 2.26. The number of methoxy groups -OCH3 is 1. The number of rotatable bonds is 13. The van der Waals surface area contributed by atoms with E-state index >= 15 is 0 Å². The van der Waals surface area contributed by atoms with Crippen LogP contribution in [0.4, 0.5) is 0 Å². The molecular formula is C21H30O4. The maximum atomic E-state index is 11.0. The van der Waals surface area contributed by atoms with Gasteiger partial charge in [0, 0.05) is 6.08 Å². The van der Waals surface area contributed by atoms with E-state index in [1.54, 1.807) is 6.08 Å². The van der Waals surface area contributed by atoms with E-state index in [1.807, 2.05) is 31.2 Å². The molecule has 4 nitrogen and oxygen atoms in total. The summed E-state index contributed by atoms with van der Waals surface area (Å²) >= 11 is 0. The van der Waals surface area contributed by atoms with Gasteiger partial charge in [0.2, 0.25) is 0 Å². The highest BCUT2D eigenvalue weighted by Crippen LogP contribution is 2.14. The predicted molar refractivity (Wildman–Crippen MR) is 101 cm³/mol. The van der Waals surface area contributed by atoms with Crippen LogP contribution < -0.4 is 4.74 Å². The molecule has 0 amide bonds. The van der Waals surface area contributed by atoms with Crippen molar-refractivity contribution in [1.29, 1.82) is 0 Å². The number of allylic oxidation sites excluding steroid dienone is 1. The van der Waals surface area contributed by atoms with E-state index in [-0.39, 0.29) is 5.97 Å². The minimum Gasteiger partial charge on any atom is -0.499 e. The van der Waals surface area contributed by atoms with Gasteiger partial charge in [0.15, 0.2) is 0 Å². The van der Waals surface area contributed by atoms with E-state index in [1.165, 1.54) is 38.9 Å². The quantitative estimate of drug-likeness (QED) is 0.215. The first kappa shape index (κ1) is 20.8. The molecular weight excluding hydrogens is 316 g/mol. The molecule has 138 valence electrons. The Hall–Kier alpha value is -2.23. The molecule has 0 unspecified atom stereocenters. The molecule has 0 aromatic heterocycles. The zero-order chi connectivity index (χ0) is 18.3. The standard InChI is InChI=1S/C21H30O4/c1-18(2)24-16-8-6-4-5-7-9-17-25-20-13-10-19(11-14-20)12-15-21(22)23-3/h10-15H,1,4-9,16-17H2,2-3H3/b15-12+. The maximum Gasteiger partial charge on any atom is 0.330 e. The summed E-state index contributed by atoms with van der Waals surface area (Å²) in [6.45, 7) is 7.11. The van der Waals surface area contributed by atoms with Crippen LogP contribution in [0, 0.1) is 0 Å². The van der Waals surface area contributed by atoms with Gasteiger partial charge in [-0.2, -0.15) is 0 Å². The van der Waals surface area contributed by atoms with Crippen molar-refractivity contribution >= 4 is 12.0 Å². The number of carbonyl (C=O) groups is 1. The first-order chi connectivity index (χ1) is 12.1.